The van der Waals surface area contributed by atoms with Crippen molar-refractivity contribution >= 4 is 10.0 Å². The number of nitrogens with zero attached hydrogens (tertiary/aromatic N) is 2. The van der Waals surface area contributed by atoms with E-state index in [-0.39, 0.29) is 11.6 Å². The molecule has 1 aromatic carbocycles. The molecule has 0 radical (unpaired) electrons. The Balaban J connectivity index is 1.73. The number of likely N-dealkylation sites (N-methyl/N-ethyl adjacent to an activating group) is 1. The number of piperazine rings is 1. The van der Waals surface area contributed by atoms with Crippen molar-refractivity contribution in [1.82, 2.24) is 4.31 Å². The molecule has 0 aliphatic carbocycles. The second-order valence-corrected chi connectivity index (χ2v) is 10.3. The van der Waals surface area contributed by atoms with E-state index in [1.54, 1.807) is 4.31 Å². The summed E-state index contributed by atoms with van der Waals surface area (Å²) in [5.41, 5.74) is 1.10. The highest BCUT2D eigenvalue weighted by Crippen LogP contribution is 2.19. The molecular weight excluding hydrogens is 363 g/mol. The van der Waals surface area contributed by atoms with Crippen molar-refractivity contribution in [1.29, 1.82) is 0 Å². The third-order valence-electron chi connectivity index (χ3n) is 5.66. The van der Waals surface area contributed by atoms with Gasteiger partial charge in [0.1, 0.15) is 12.4 Å². The predicted octanol–water partition coefficient (Wildman–Crippen LogP) is 4.17. The number of sulfonamides is 1. The van der Waals surface area contributed by atoms with E-state index in [9.17, 15) is 12.8 Å². The van der Waals surface area contributed by atoms with Gasteiger partial charge in [-0.25, -0.2) is 12.8 Å². The molecule has 1 aliphatic heterocycles. The van der Waals surface area contributed by atoms with Crippen molar-refractivity contribution in [3.05, 3.63) is 35.6 Å². The van der Waals surface area contributed by atoms with Gasteiger partial charge in [0.05, 0.1) is 39.0 Å². The summed E-state index contributed by atoms with van der Waals surface area (Å²) in [6.45, 7) is 5.77. The van der Waals surface area contributed by atoms with Crippen molar-refractivity contribution in [2.45, 2.75) is 58.4 Å². The molecule has 2 rings (SSSR count). The molecule has 1 fully saturated rings. The van der Waals surface area contributed by atoms with Crippen molar-refractivity contribution < 1.29 is 17.3 Å². The molecule has 0 bridgehead atoms. The van der Waals surface area contributed by atoms with Crippen LogP contribution in [0.5, 0.6) is 0 Å². The van der Waals surface area contributed by atoms with Crippen molar-refractivity contribution in [3.8, 4) is 0 Å². The number of rotatable bonds is 11. The van der Waals surface area contributed by atoms with Gasteiger partial charge in [-0.3, -0.25) is 0 Å². The molecule has 0 amide bonds. The average Bonchev–Trinajstić information content (AvgIpc) is 2.63. The average molecular weight is 400 g/mol. The first-order chi connectivity index (χ1) is 12.8. The van der Waals surface area contributed by atoms with Gasteiger partial charge in [0.2, 0.25) is 10.0 Å². The monoisotopic (exact) mass is 399 g/mol. The van der Waals surface area contributed by atoms with Gasteiger partial charge in [-0.05, 0) is 18.6 Å². The van der Waals surface area contributed by atoms with E-state index < -0.39 is 10.0 Å². The van der Waals surface area contributed by atoms with Crippen LogP contribution in [0, 0.1) is 5.82 Å². The molecule has 1 saturated heterocycles. The Kier molecular flexibility index (Phi) is 8.70. The summed E-state index contributed by atoms with van der Waals surface area (Å²) in [7, 11) is -0.979. The lowest BCUT2D eigenvalue weighted by atomic mass is 10.1. The number of unbranched alkanes of at least 4 members (excludes halogenated alkanes) is 6. The summed E-state index contributed by atoms with van der Waals surface area (Å²) in [5.74, 6) is 0.0605. The highest BCUT2D eigenvalue weighted by molar-refractivity contribution is 7.89. The molecule has 27 heavy (non-hydrogen) atoms. The number of hydrogen-bond acceptors (Lipinski definition) is 2. The molecule has 0 spiro atoms. The maximum absolute atomic E-state index is 13.1. The number of hydrogen-bond donors (Lipinski definition) is 0. The summed E-state index contributed by atoms with van der Waals surface area (Å²) in [6, 6.07) is 6.62. The van der Waals surface area contributed by atoms with E-state index in [0.29, 0.717) is 13.1 Å². The topological polar surface area (TPSA) is 37.4 Å². The molecule has 0 N–H and O–H groups in total. The molecule has 0 atom stereocenters. The zero-order valence-corrected chi connectivity index (χ0v) is 17.8. The van der Waals surface area contributed by atoms with Crippen LogP contribution in [-0.2, 0) is 16.6 Å². The van der Waals surface area contributed by atoms with Gasteiger partial charge in [0.25, 0.3) is 0 Å². The first kappa shape index (κ1) is 22.3. The highest BCUT2D eigenvalue weighted by Gasteiger charge is 2.34. The van der Waals surface area contributed by atoms with Crippen molar-refractivity contribution in [2.24, 2.45) is 0 Å². The summed E-state index contributed by atoms with van der Waals surface area (Å²) in [4.78, 5) is 0. The molecule has 6 heteroatoms. The van der Waals surface area contributed by atoms with Gasteiger partial charge in [0.15, 0.2) is 0 Å². The van der Waals surface area contributed by atoms with Gasteiger partial charge in [-0.15, -0.1) is 0 Å². The van der Waals surface area contributed by atoms with Crippen LogP contribution >= 0.6 is 0 Å². The Morgan fingerprint density at radius 1 is 0.963 bits per heavy atom. The first-order valence-corrected chi connectivity index (χ1v) is 12.0. The maximum atomic E-state index is 13.1. The van der Waals surface area contributed by atoms with E-state index in [1.165, 1.54) is 37.8 Å². The standard InChI is InChI=1S/C21H36FN2O2S/c1-3-4-5-6-7-8-9-18-27(25,26)23-14-16-24(2,17-15-23)19-20-10-12-21(22)13-11-20/h10-13H,3-9,14-19H2,1-2H3/q+1. The SMILES string of the molecule is CCCCCCCCCS(=O)(=O)N1CC[N+](C)(Cc2ccc(F)cc2)CC1. The summed E-state index contributed by atoms with van der Waals surface area (Å²) in [5, 5.41) is 0. The highest BCUT2D eigenvalue weighted by atomic mass is 32.2. The summed E-state index contributed by atoms with van der Waals surface area (Å²) < 4.78 is 40.8. The molecule has 1 aromatic rings. The third kappa shape index (κ3) is 7.51. The fourth-order valence-corrected chi connectivity index (χ4v) is 5.31. The van der Waals surface area contributed by atoms with Crippen LogP contribution in [0.15, 0.2) is 24.3 Å². The first-order valence-electron chi connectivity index (χ1n) is 10.4. The second-order valence-electron chi connectivity index (χ2n) is 8.19. The van der Waals surface area contributed by atoms with Crippen LogP contribution in [0.1, 0.15) is 57.4 Å². The van der Waals surface area contributed by atoms with Gasteiger partial charge in [-0.2, -0.15) is 4.31 Å². The van der Waals surface area contributed by atoms with Crippen LogP contribution < -0.4 is 0 Å². The molecule has 1 aliphatic rings. The zero-order valence-electron chi connectivity index (χ0n) is 17.0. The van der Waals surface area contributed by atoms with Crippen LogP contribution in [0.2, 0.25) is 0 Å². The Bertz CT molecular complexity index is 653. The van der Waals surface area contributed by atoms with Gasteiger partial charge >= 0.3 is 0 Å². The van der Waals surface area contributed by atoms with Gasteiger partial charge in [0, 0.05) is 5.56 Å². The molecular formula is C21H36FN2O2S+. The smallest absolute Gasteiger partial charge is 0.214 e. The fourth-order valence-electron chi connectivity index (χ4n) is 3.77. The number of halogens is 1. The number of benzene rings is 1. The van der Waals surface area contributed by atoms with Crippen LogP contribution in [0.25, 0.3) is 0 Å². The van der Waals surface area contributed by atoms with Gasteiger partial charge in [-0.1, -0.05) is 57.6 Å². The summed E-state index contributed by atoms with van der Waals surface area (Å²) in [6.07, 6.45) is 7.92. The lowest BCUT2D eigenvalue weighted by Gasteiger charge is -2.41. The van der Waals surface area contributed by atoms with Crippen molar-refractivity contribution in [3.63, 3.8) is 0 Å². The molecule has 0 unspecified atom stereocenters. The predicted molar refractivity (Wildman–Crippen MR) is 109 cm³/mol. The quantitative estimate of drug-likeness (QED) is 0.414. The molecule has 154 valence electrons. The van der Waals surface area contributed by atoms with Gasteiger partial charge < -0.3 is 4.48 Å². The minimum atomic E-state index is -3.14. The maximum Gasteiger partial charge on any atom is 0.214 e. The fraction of sp³-hybridized carbons (Fsp3) is 0.714. The zero-order chi connectivity index (χ0) is 19.8. The second kappa shape index (κ2) is 10.5. The largest absolute Gasteiger partial charge is 0.320 e. The minimum absolute atomic E-state index is 0.220. The van der Waals surface area contributed by atoms with Crippen LogP contribution in [0.4, 0.5) is 4.39 Å². The van der Waals surface area contributed by atoms with E-state index in [1.807, 2.05) is 12.1 Å². The lowest BCUT2D eigenvalue weighted by Crippen LogP contribution is -2.57. The Morgan fingerprint density at radius 2 is 1.52 bits per heavy atom. The summed E-state index contributed by atoms with van der Waals surface area (Å²) >= 11 is 0. The minimum Gasteiger partial charge on any atom is -0.320 e. The van der Waals surface area contributed by atoms with Crippen LogP contribution in [-0.4, -0.2) is 56.2 Å². The van der Waals surface area contributed by atoms with E-state index >= 15 is 0 Å². The van der Waals surface area contributed by atoms with E-state index in [2.05, 4.69) is 14.0 Å². The Morgan fingerprint density at radius 3 is 2.11 bits per heavy atom. The van der Waals surface area contributed by atoms with E-state index in [0.717, 1.165) is 48.9 Å². The lowest BCUT2D eigenvalue weighted by molar-refractivity contribution is -0.925. The van der Waals surface area contributed by atoms with Crippen molar-refractivity contribution in [2.75, 3.05) is 39.0 Å². The normalized spacial score (nSPS) is 17.9. The van der Waals surface area contributed by atoms with E-state index in [4.69, 9.17) is 0 Å². The van der Waals surface area contributed by atoms with Crippen LogP contribution in [0.3, 0.4) is 0 Å². The molecule has 4 nitrogen and oxygen atoms in total. The third-order valence-corrected chi connectivity index (χ3v) is 7.61. The Hall–Kier alpha value is -0.980. The molecule has 0 aromatic heterocycles. The Labute approximate surface area is 165 Å². The molecule has 0 saturated carbocycles. The number of quaternary nitrogens is 1. The molecule has 1 heterocycles.